The van der Waals surface area contributed by atoms with Crippen molar-refractivity contribution in [1.82, 2.24) is 5.32 Å². The predicted molar refractivity (Wildman–Crippen MR) is 50.5 cm³/mol. The van der Waals surface area contributed by atoms with Gasteiger partial charge in [0.25, 0.3) is 0 Å². The van der Waals surface area contributed by atoms with Crippen LogP contribution in [0, 0.1) is 11.3 Å². The lowest BCUT2D eigenvalue weighted by Crippen LogP contribution is -2.39. The zero-order valence-electron chi connectivity index (χ0n) is 8.71. The molecule has 0 saturated carbocycles. The average molecular weight is 201 g/mol. The van der Waals surface area contributed by atoms with Gasteiger partial charge in [-0.2, -0.15) is 0 Å². The van der Waals surface area contributed by atoms with Crippen molar-refractivity contribution >= 4 is 12.2 Å². The third kappa shape index (κ3) is 1.65. The molecule has 1 rings (SSSR count). The summed E-state index contributed by atoms with van der Waals surface area (Å²) in [6, 6.07) is -0.553. The van der Waals surface area contributed by atoms with Crippen LogP contribution in [0.5, 0.6) is 0 Å². The van der Waals surface area contributed by atoms with Gasteiger partial charge in [0.1, 0.15) is 6.29 Å². The first-order valence-corrected chi connectivity index (χ1v) is 4.81. The van der Waals surface area contributed by atoms with E-state index in [1.54, 1.807) is 13.8 Å². The van der Waals surface area contributed by atoms with E-state index in [2.05, 4.69) is 5.32 Å². The predicted octanol–water partition coefficient (Wildman–Crippen LogP) is 1.07. The van der Waals surface area contributed by atoms with Crippen LogP contribution in [0.3, 0.4) is 0 Å². The van der Waals surface area contributed by atoms with E-state index in [4.69, 9.17) is 0 Å². The smallest absolute Gasteiger partial charge is 0.224 e. The van der Waals surface area contributed by atoms with Gasteiger partial charge in [0.2, 0.25) is 5.91 Å². The SMILES string of the molecule is CC(F)CC1(C)C(C=O)NC(=O)C1C. The van der Waals surface area contributed by atoms with Crippen molar-refractivity contribution in [3.8, 4) is 0 Å². The monoisotopic (exact) mass is 201 g/mol. The highest BCUT2D eigenvalue weighted by Gasteiger charge is 2.49. The minimum absolute atomic E-state index is 0.162. The molecule has 0 radical (unpaired) electrons. The van der Waals surface area contributed by atoms with Crippen molar-refractivity contribution < 1.29 is 14.0 Å². The van der Waals surface area contributed by atoms with E-state index in [0.717, 1.165) is 0 Å². The Kier molecular flexibility index (Phi) is 2.92. The number of hydrogen-bond acceptors (Lipinski definition) is 2. The third-order valence-corrected chi connectivity index (χ3v) is 3.25. The fourth-order valence-electron chi connectivity index (χ4n) is 2.11. The highest BCUT2D eigenvalue weighted by atomic mass is 19.1. The first-order chi connectivity index (χ1) is 6.41. The van der Waals surface area contributed by atoms with Crippen molar-refractivity contribution in [2.45, 2.75) is 39.4 Å². The molecule has 0 spiro atoms. The Hall–Kier alpha value is -0.930. The first-order valence-electron chi connectivity index (χ1n) is 4.81. The molecule has 1 amide bonds. The van der Waals surface area contributed by atoms with Crippen LogP contribution in [0.4, 0.5) is 4.39 Å². The summed E-state index contributed by atoms with van der Waals surface area (Å²) in [4.78, 5) is 22.1. The fourth-order valence-corrected chi connectivity index (χ4v) is 2.11. The van der Waals surface area contributed by atoms with Crippen LogP contribution >= 0.6 is 0 Å². The lowest BCUT2D eigenvalue weighted by atomic mass is 9.72. The lowest BCUT2D eigenvalue weighted by molar-refractivity contribution is -0.123. The van der Waals surface area contributed by atoms with Crippen LogP contribution in [0.25, 0.3) is 0 Å². The average Bonchev–Trinajstić information content (AvgIpc) is 2.28. The lowest BCUT2D eigenvalue weighted by Gasteiger charge is -2.30. The molecule has 1 N–H and O–H groups in total. The van der Waals surface area contributed by atoms with Crippen LogP contribution in [0.2, 0.25) is 0 Å². The summed E-state index contributed by atoms with van der Waals surface area (Å²) in [7, 11) is 0. The number of rotatable bonds is 3. The Bertz CT molecular complexity index is 255. The van der Waals surface area contributed by atoms with Gasteiger partial charge in [0.15, 0.2) is 0 Å². The van der Waals surface area contributed by atoms with E-state index >= 15 is 0 Å². The van der Waals surface area contributed by atoms with Gasteiger partial charge < -0.3 is 10.1 Å². The van der Waals surface area contributed by atoms with Crippen molar-refractivity contribution in [2.75, 3.05) is 0 Å². The van der Waals surface area contributed by atoms with Crippen LogP contribution in [0.1, 0.15) is 27.2 Å². The molecule has 1 aliphatic rings. The van der Waals surface area contributed by atoms with Crippen LogP contribution < -0.4 is 5.32 Å². The Labute approximate surface area is 83.1 Å². The molecule has 0 aliphatic carbocycles. The zero-order valence-corrected chi connectivity index (χ0v) is 8.71. The molecule has 1 fully saturated rings. The van der Waals surface area contributed by atoms with Gasteiger partial charge in [-0.05, 0) is 13.3 Å². The van der Waals surface area contributed by atoms with Crippen LogP contribution in [0.15, 0.2) is 0 Å². The molecule has 0 aromatic heterocycles. The van der Waals surface area contributed by atoms with Gasteiger partial charge >= 0.3 is 0 Å². The highest BCUT2D eigenvalue weighted by molar-refractivity contribution is 5.87. The van der Waals surface area contributed by atoms with Crippen LogP contribution in [-0.4, -0.2) is 24.4 Å². The fraction of sp³-hybridized carbons (Fsp3) is 0.800. The number of carbonyl (C=O) groups is 2. The second-order valence-corrected chi connectivity index (χ2v) is 4.33. The number of alkyl halides is 1. The van der Waals surface area contributed by atoms with E-state index in [-0.39, 0.29) is 18.2 Å². The Balaban J connectivity index is 2.91. The molecule has 14 heavy (non-hydrogen) atoms. The minimum atomic E-state index is -1.00. The molecule has 1 aliphatic heterocycles. The first kappa shape index (κ1) is 11.1. The second-order valence-electron chi connectivity index (χ2n) is 4.33. The molecule has 4 heteroatoms. The van der Waals surface area contributed by atoms with Gasteiger partial charge in [-0.1, -0.05) is 13.8 Å². The van der Waals surface area contributed by atoms with Crippen LogP contribution in [-0.2, 0) is 9.59 Å². The van der Waals surface area contributed by atoms with Crippen molar-refractivity contribution in [2.24, 2.45) is 11.3 Å². The Morgan fingerprint density at radius 1 is 1.71 bits per heavy atom. The zero-order chi connectivity index (χ0) is 10.9. The minimum Gasteiger partial charge on any atom is -0.346 e. The number of hydrogen-bond donors (Lipinski definition) is 1. The summed E-state index contributed by atoms with van der Waals surface area (Å²) in [6.07, 6.45) is -0.0716. The molecular formula is C10H16FNO2. The van der Waals surface area contributed by atoms with Gasteiger partial charge in [-0.15, -0.1) is 0 Å². The number of nitrogens with one attached hydrogen (secondary N) is 1. The summed E-state index contributed by atoms with van der Waals surface area (Å²) in [5, 5.41) is 2.58. The maximum atomic E-state index is 13.0. The van der Waals surface area contributed by atoms with Gasteiger partial charge in [0, 0.05) is 11.3 Å². The molecule has 4 unspecified atom stereocenters. The topological polar surface area (TPSA) is 46.2 Å². The van der Waals surface area contributed by atoms with Gasteiger partial charge in [0.05, 0.1) is 12.2 Å². The van der Waals surface area contributed by atoms with E-state index < -0.39 is 17.6 Å². The highest BCUT2D eigenvalue weighted by Crippen LogP contribution is 2.40. The summed E-state index contributed by atoms with van der Waals surface area (Å²) < 4.78 is 13.0. The standard InChI is InChI=1S/C10H16FNO2/c1-6(11)4-10(3)7(2)9(14)12-8(10)5-13/h5-8H,4H2,1-3H3,(H,12,14). The second kappa shape index (κ2) is 3.67. The van der Waals surface area contributed by atoms with E-state index in [1.165, 1.54) is 6.92 Å². The van der Waals surface area contributed by atoms with Gasteiger partial charge in [-0.3, -0.25) is 4.79 Å². The normalized spacial score (nSPS) is 39.3. The number of aldehydes is 1. The van der Waals surface area contributed by atoms with E-state index in [1.807, 2.05) is 0 Å². The van der Waals surface area contributed by atoms with Crippen molar-refractivity contribution in [3.63, 3.8) is 0 Å². The van der Waals surface area contributed by atoms with E-state index in [9.17, 15) is 14.0 Å². The molecule has 1 heterocycles. The molecular weight excluding hydrogens is 185 g/mol. The Morgan fingerprint density at radius 2 is 2.29 bits per heavy atom. The maximum absolute atomic E-state index is 13.0. The van der Waals surface area contributed by atoms with Gasteiger partial charge in [-0.25, -0.2) is 4.39 Å². The van der Waals surface area contributed by atoms with Crippen molar-refractivity contribution in [1.29, 1.82) is 0 Å². The molecule has 4 atom stereocenters. The molecule has 0 aromatic carbocycles. The largest absolute Gasteiger partial charge is 0.346 e. The van der Waals surface area contributed by atoms with Crippen molar-refractivity contribution in [3.05, 3.63) is 0 Å². The number of halogens is 1. The van der Waals surface area contributed by atoms with E-state index in [0.29, 0.717) is 6.29 Å². The third-order valence-electron chi connectivity index (χ3n) is 3.25. The number of carbonyl (C=O) groups excluding carboxylic acids is 2. The summed E-state index contributed by atoms with van der Waals surface area (Å²) in [5.74, 6) is -0.471. The summed E-state index contributed by atoms with van der Waals surface area (Å²) >= 11 is 0. The maximum Gasteiger partial charge on any atom is 0.224 e. The Morgan fingerprint density at radius 3 is 2.71 bits per heavy atom. The molecule has 1 saturated heterocycles. The summed E-state index contributed by atoms with van der Waals surface area (Å²) in [6.45, 7) is 4.97. The summed E-state index contributed by atoms with van der Waals surface area (Å²) in [5.41, 5.74) is -0.590. The quantitative estimate of drug-likeness (QED) is 0.694. The molecule has 80 valence electrons. The molecule has 0 aromatic rings. The molecule has 3 nitrogen and oxygen atoms in total. The number of amides is 1. The molecule has 0 bridgehead atoms.